The van der Waals surface area contributed by atoms with Gasteiger partial charge in [-0.1, -0.05) is 37.8 Å². The van der Waals surface area contributed by atoms with Crippen LogP contribution in [0.25, 0.3) is 0 Å². The van der Waals surface area contributed by atoms with E-state index in [0.717, 1.165) is 6.54 Å². The maximum Gasteiger partial charge on any atom is 0.275 e. The predicted molar refractivity (Wildman–Crippen MR) is 81.0 cm³/mol. The monoisotopic (exact) mass is 296 g/mol. The molecule has 0 bridgehead atoms. The number of nitrogens with one attached hydrogen (secondary N) is 1. The summed E-state index contributed by atoms with van der Waals surface area (Å²) >= 11 is 5.81. The van der Waals surface area contributed by atoms with Crippen molar-refractivity contribution in [1.29, 1.82) is 0 Å². The van der Waals surface area contributed by atoms with E-state index in [2.05, 4.69) is 12.2 Å². The number of hydrogen-bond acceptors (Lipinski definition) is 3. The predicted octanol–water partition coefficient (Wildman–Crippen LogP) is 4.31. The first-order chi connectivity index (χ1) is 9.50. The SMILES string of the molecule is CC1(CNCc2ccc(Cl)cc2[N+](=O)[O-])CCCCC1. The first kappa shape index (κ1) is 15.3. The zero-order chi connectivity index (χ0) is 14.6. The molecular weight excluding hydrogens is 276 g/mol. The quantitative estimate of drug-likeness (QED) is 0.651. The van der Waals surface area contributed by atoms with E-state index in [1.54, 1.807) is 12.1 Å². The van der Waals surface area contributed by atoms with Gasteiger partial charge in [-0.2, -0.15) is 0 Å². The first-order valence-electron chi connectivity index (χ1n) is 7.14. The number of rotatable bonds is 5. The number of hydrogen-bond donors (Lipinski definition) is 1. The Labute approximate surface area is 124 Å². The summed E-state index contributed by atoms with van der Waals surface area (Å²) in [7, 11) is 0. The molecular formula is C15H21ClN2O2. The van der Waals surface area contributed by atoms with E-state index in [0.29, 0.717) is 22.5 Å². The molecule has 1 aliphatic rings. The largest absolute Gasteiger partial charge is 0.312 e. The summed E-state index contributed by atoms with van der Waals surface area (Å²) in [6.07, 6.45) is 6.39. The van der Waals surface area contributed by atoms with E-state index in [-0.39, 0.29) is 10.6 Å². The van der Waals surface area contributed by atoms with Crippen molar-refractivity contribution in [1.82, 2.24) is 5.32 Å². The van der Waals surface area contributed by atoms with Crippen LogP contribution in [0.4, 0.5) is 5.69 Å². The fourth-order valence-electron chi connectivity index (χ4n) is 2.94. The Balaban J connectivity index is 1.95. The molecule has 0 heterocycles. The molecule has 0 aromatic heterocycles. The second-order valence-electron chi connectivity index (χ2n) is 6.01. The van der Waals surface area contributed by atoms with Crippen LogP contribution in [0.3, 0.4) is 0 Å². The Morgan fingerprint density at radius 2 is 2.05 bits per heavy atom. The van der Waals surface area contributed by atoms with Crippen molar-refractivity contribution in [3.63, 3.8) is 0 Å². The van der Waals surface area contributed by atoms with Gasteiger partial charge in [0, 0.05) is 29.7 Å². The minimum absolute atomic E-state index is 0.0961. The minimum Gasteiger partial charge on any atom is -0.312 e. The molecule has 1 saturated carbocycles. The Morgan fingerprint density at radius 3 is 2.70 bits per heavy atom. The number of halogens is 1. The molecule has 0 atom stereocenters. The van der Waals surface area contributed by atoms with Crippen molar-refractivity contribution in [3.05, 3.63) is 38.9 Å². The van der Waals surface area contributed by atoms with Crippen LogP contribution in [0.1, 0.15) is 44.6 Å². The van der Waals surface area contributed by atoms with Gasteiger partial charge in [0.05, 0.1) is 4.92 Å². The molecule has 1 aromatic rings. The third-order valence-electron chi connectivity index (χ3n) is 4.17. The molecule has 20 heavy (non-hydrogen) atoms. The Kier molecular flexibility index (Phi) is 5.00. The lowest BCUT2D eigenvalue weighted by Gasteiger charge is -2.33. The maximum absolute atomic E-state index is 11.0. The average Bonchev–Trinajstić information content (AvgIpc) is 2.41. The highest BCUT2D eigenvalue weighted by atomic mass is 35.5. The maximum atomic E-state index is 11.0. The summed E-state index contributed by atoms with van der Waals surface area (Å²) in [6.45, 7) is 3.73. The molecule has 1 N–H and O–H groups in total. The molecule has 0 saturated heterocycles. The van der Waals surface area contributed by atoms with Crippen molar-refractivity contribution >= 4 is 17.3 Å². The summed E-state index contributed by atoms with van der Waals surface area (Å²) in [6, 6.07) is 4.85. The van der Waals surface area contributed by atoms with E-state index in [1.807, 2.05) is 0 Å². The summed E-state index contributed by atoms with van der Waals surface area (Å²) in [5, 5.41) is 14.8. The van der Waals surface area contributed by atoms with Crippen molar-refractivity contribution < 1.29 is 4.92 Å². The van der Waals surface area contributed by atoms with Crippen molar-refractivity contribution in [2.75, 3.05) is 6.54 Å². The van der Waals surface area contributed by atoms with Gasteiger partial charge in [0.25, 0.3) is 5.69 Å². The van der Waals surface area contributed by atoms with Gasteiger partial charge in [-0.05, 0) is 30.4 Å². The summed E-state index contributed by atoms with van der Waals surface area (Å²) in [5.74, 6) is 0. The summed E-state index contributed by atoms with van der Waals surface area (Å²) < 4.78 is 0. The van der Waals surface area contributed by atoms with Gasteiger partial charge >= 0.3 is 0 Å². The number of nitrogens with zero attached hydrogens (tertiary/aromatic N) is 1. The van der Waals surface area contributed by atoms with E-state index in [4.69, 9.17) is 11.6 Å². The molecule has 0 aliphatic heterocycles. The van der Waals surface area contributed by atoms with Crippen LogP contribution in [-0.2, 0) is 6.54 Å². The van der Waals surface area contributed by atoms with Gasteiger partial charge in [-0.3, -0.25) is 10.1 Å². The molecule has 2 rings (SSSR count). The Bertz CT molecular complexity index is 485. The van der Waals surface area contributed by atoms with Gasteiger partial charge in [-0.25, -0.2) is 0 Å². The third-order valence-corrected chi connectivity index (χ3v) is 4.41. The van der Waals surface area contributed by atoms with Gasteiger partial charge < -0.3 is 5.32 Å². The number of nitro benzene ring substituents is 1. The van der Waals surface area contributed by atoms with Gasteiger partial charge in [0.2, 0.25) is 0 Å². The molecule has 1 aliphatic carbocycles. The molecule has 0 spiro atoms. The van der Waals surface area contributed by atoms with E-state index in [1.165, 1.54) is 38.2 Å². The smallest absolute Gasteiger partial charge is 0.275 e. The molecule has 4 nitrogen and oxygen atoms in total. The van der Waals surface area contributed by atoms with Crippen molar-refractivity contribution in [2.24, 2.45) is 5.41 Å². The third kappa shape index (κ3) is 3.93. The van der Waals surface area contributed by atoms with Crippen LogP contribution in [0.2, 0.25) is 5.02 Å². The molecule has 110 valence electrons. The van der Waals surface area contributed by atoms with Crippen LogP contribution in [0.5, 0.6) is 0 Å². The molecule has 0 unspecified atom stereocenters. The second-order valence-corrected chi connectivity index (χ2v) is 6.44. The first-order valence-corrected chi connectivity index (χ1v) is 7.52. The van der Waals surface area contributed by atoms with Gasteiger partial charge in [0.1, 0.15) is 0 Å². The second kappa shape index (κ2) is 6.55. The van der Waals surface area contributed by atoms with Crippen LogP contribution >= 0.6 is 11.6 Å². The fraction of sp³-hybridized carbons (Fsp3) is 0.600. The van der Waals surface area contributed by atoms with Crippen LogP contribution in [0, 0.1) is 15.5 Å². The lowest BCUT2D eigenvalue weighted by atomic mass is 9.76. The number of benzene rings is 1. The molecule has 5 heteroatoms. The molecule has 0 radical (unpaired) electrons. The topological polar surface area (TPSA) is 55.2 Å². The minimum atomic E-state index is -0.370. The Hall–Kier alpha value is -1.13. The zero-order valence-corrected chi connectivity index (χ0v) is 12.6. The average molecular weight is 297 g/mol. The highest BCUT2D eigenvalue weighted by Gasteiger charge is 2.26. The van der Waals surface area contributed by atoms with Gasteiger partial charge in [-0.15, -0.1) is 0 Å². The van der Waals surface area contributed by atoms with Gasteiger partial charge in [0.15, 0.2) is 0 Å². The van der Waals surface area contributed by atoms with Crippen molar-refractivity contribution in [3.8, 4) is 0 Å². The lowest BCUT2D eigenvalue weighted by molar-refractivity contribution is -0.385. The van der Waals surface area contributed by atoms with E-state index in [9.17, 15) is 10.1 Å². The van der Waals surface area contributed by atoms with Crippen LogP contribution in [-0.4, -0.2) is 11.5 Å². The lowest BCUT2D eigenvalue weighted by Crippen LogP contribution is -2.33. The molecule has 0 amide bonds. The van der Waals surface area contributed by atoms with Crippen LogP contribution < -0.4 is 5.32 Å². The normalized spacial score (nSPS) is 17.9. The molecule has 1 aromatic carbocycles. The summed E-state index contributed by atoms with van der Waals surface area (Å²) in [5.41, 5.74) is 1.12. The standard InChI is InChI=1S/C15H21ClN2O2/c1-15(7-3-2-4-8-15)11-17-10-12-5-6-13(16)9-14(12)18(19)20/h5-6,9,17H,2-4,7-8,10-11H2,1H3. The fourth-order valence-corrected chi connectivity index (χ4v) is 3.10. The zero-order valence-electron chi connectivity index (χ0n) is 11.8. The van der Waals surface area contributed by atoms with E-state index < -0.39 is 0 Å². The van der Waals surface area contributed by atoms with Crippen molar-refractivity contribution in [2.45, 2.75) is 45.6 Å². The van der Waals surface area contributed by atoms with Crippen LogP contribution in [0.15, 0.2) is 18.2 Å². The molecule has 1 fully saturated rings. The highest BCUT2D eigenvalue weighted by Crippen LogP contribution is 2.35. The number of nitro groups is 1. The Morgan fingerprint density at radius 1 is 1.35 bits per heavy atom. The summed E-state index contributed by atoms with van der Waals surface area (Å²) in [4.78, 5) is 10.7. The van der Waals surface area contributed by atoms with E-state index >= 15 is 0 Å². The highest BCUT2D eigenvalue weighted by molar-refractivity contribution is 6.30.